The van der Waals surface area contributed by atoms with Crippen LogP contribution in [0.25, 0.3) is 0 Å². The van der Waals surface area contributed by atoms with Gasteiger partial charge in [0.2, 0.25) is 5.91 Å². The minimum absolute atomic E-state index is 0.0771. The van der Waals surface area contributed by atoms with Gasteiger partial charge in [-0.2, -0.15) is 0 Å². The molecule has 0 atom stereocenters. The molecule has 3 N–H and O–H groups in total. The lowest BCUT2D eigenvalue weighted by Crippen LogP contribution is -2.26. The van der Waals surface area contributed by atoms with Crippen molar-refractivity contribution in [3.63, 3.8) is 0 Å². The summed E-state index contributed by atoms with van der Waals surface area (Å²) in [7, 11) is 1.58. The van der Waals surface area contributed by atoms with Crippen LogP contribution in [0.4, 0.5) is 11.4 Å². The Kier molecular flexibility index (Phi) is 5.04. The first-order valence-electron chi connectivity index (χ1n) is 8.46. The molecule has 0 saturated heterocycles. The fourth-order valence-corrected chi connectivity index (χ4v) is 3.47. The summed E-state index contributed by atoms with van der Waals surface area (Å²) >= 11 is 0. The number of nitrogens with one attached hydrogen (secondary N) is 1. The fourth-order valence-electron chi connectivity index (χ4n) is 3.47. The third kappa shape index (κ3) is 3.70. The zero-order valence-corrected chi connectivity index (χ0v) is 14.0. The maximum Gasteiger partial charge on any atom is 0.227 e. The Balaban J connectivity index is 1.56. The molecular weight excluding hydrogens is 300 g/mol. The smallest absolute Gasteiger partial charge is 0.227 e. The second-order valence-electron chi connectivity index (χ2n) is 6.41. The molecule has 2 aromatic carbocycles. The van der Waals surface area contributed by atoms with Crippen LogP contribution in [0.1, 0.15) is 37.2 Å². The van der Waals surface area contributed by atoms with Gasteiger partial charge in [-0.25, -0.2) is 0 Å². The van der Waals surface area contributed by atoms with E-state index in [0.29, 0.717) is 17.4 Å². The summed E-state index contributed by atoms with van der Waals surface area (Å²) in [4.78, 5) is 12.5. The van der Waals surface area contributed by atoms with E-state index in [-0.39, 0.29) is 11.8 Å². The zero-order valence-electron chi connectivity index (χ0n) is 14.0. The first-order valence-corrected chi connectivity index (χ1v) is 8.46. The molecule has 126 valence electrons. The van der Waals surface area contributed by atoms with Gasteiger partial charge in [-0.05, 0) is 55.4 Å². The molecule has 0 aliphatic heterocycles. The van der Waals surface area contributed by atoms with Gasteiger partial charge < -0.3 is 15.8 Å². The van der Waals surface area contributed by atoms with Gasteiger partial charge in [0.25, 0.3) is 0 Å². The lowest BCUT2D eigenvalue weighted by molar-refractivity contribution is -0.120. The Bertz CT molecular complexity index is 692. The summed E-state index contributed by atoms with van der Waals surface area (Å²) < 4.78 is 5.14. The highest BCUT2D eigenvalue weighted by Gasteiger charge is 2.27. The van der Waals surface area contributed by atoms with Crippen molar-refractivity contribution in [3.8, 4) is 5.75 Å². The molecule has 1 amide bonds. The summed E-state index contributed by atoms with van der Waals surface area (Å²) in [5.74, 6) is 1.36. The van der Waals surface area contributed by atoms with Crippen LogP contribution in [0.15, 0.2) is 48.5 Å². The van der Waals surface area contributed by atoms with Crippen molar-refractivity contribution in [2.45, 2.75) is 31.6 Å². The molecule has 4 nitrogen and oxygen atoms in total. The largest absolute Gasteiger partial charge is 0.495 e. The SMILES string of the molecule is COc1ccc(NC(=O)C2CCC(c3ccccc3)CC2)cc1N. The van der Waals surface area contributed by atoms with Gasteiger partial charge in [0, 0.05) is 11.6 Å². The topological polar surface area (TPSA) is 64.3 Å². The van der Waals surface area contributed by atoms with Crippen LogP contribution >= 0.6 is 0 Å². The van der Waals surface area contributed by atoms with E-state index in [1.807, 2.05) is 12.1 Å². The van der Waals surface area contributed by atoms with Gasteiger partial charge in [0.15, 0.2) is 0 Å². The van der Waals surface area contributed by atoms with E-state index in [1.165, 1.54) is 5.56 Å². The van der Waals surface area contributed by atoms with Crippen LogP contribution in [-0.2, 0) is 4.79 Å². The Morgan fingerprint density at radius 2 is 1.79 bits per heavy atom. The number of hydrogen-bond acceptors (Lipinski definition) is 3. The molecule has 1 fully saturated rings. The lowest BCUT2D eigenvalue weighted by atomic mass is 9.78. The van der Waals surface area contributed by atoms with Crippen LogP contribution < -0.4 is 15.8 Å². The summed E-state index contributed by atoms with van der Waals surface area (Å²) in [6, 6.07) is 15.9. The molecule has 24 heavy (non-hydrogen) atoms. The number of carbonyl (C=O) groups is 1. The second-order valence-corrected chi connectivity index (χ2v) is 6.41. The van der Waals surface area contributed by atoms with Crippen molar-refractivity contribution in [2.75, 3.05) is 18.2 Å². The van der Waals surface area contributed by atoms with Crippen molar-refractivity contribution < 1.29 is 9.53 Å². The average molecular weight is 324 g/mol. The Hall–Kier alpha value is -2.49. The molecule has 1 aliphatic rings. The van der Waals surface area contributed by atoms with E-state index in [9.17, 15) is 4.79 Å². The van der Waals surface area contributed by atoms with Gasteiger partial charge in [-0.3, -0.25) is 4.79 Å². The first-order chi connectivity index (χ1) is 11.7. The maximum absolute atomic E-state index is 12.5. The highest BCUT2D eigenvalue weighted by atomic mass is 16.5. The van der Waals surface area contributed by atoms with E-state index in [0.717, 1.165) is 31.4 Å². The number of nitrogens with two attached hydrogens (primary N) is 1. The summed E-state index contributed by atoms with van der Waals surface area (Å²) in [6.45, 7) is 0. The van der Waals surface area contributed by atoms with Crippen LogP contribution in [0.5, 0.6) is 5.75 Å². The second kappa shape index (κ2) is 7.39. The third-order valence-corrected chi connectivity index (χ3v) is 4.87. The van der Waals surface area contributed by atoms with Crippen LogP contribution in [0, 0.1) is 5.92 Å². The highest BCUT2D eigenvalue weighted by molar-refractivity contribution is 5.93. The predicted octanol–water partition coefficient (Wildman–Crippen LogP) is 4.19. The molecule has 0 heterocycles. The van der Waals surface area contributed by atoms with Crippen molar-refractivity contribution in [1.82, 2.24) is 0 Å². The van der Waals surface area contributed by atoms with Gasteiger partial charge in [-0.15, -0.1) is 0 Å². The number of nitrogen functional groups attached to an aromatic ring is 1. The van der Waals surface area contributed by atoms with E-state index in [4.69, 9.17) is 10.5 Å². The molecule has 0 unspecified atom stereocenters. The van der Waals surface area contributed by atoms with Gasteiger partial charge >= 0.3 is 0 Å². The van der Waals surface area contributed by atoms with Crippen molar-refractivity contribution >= 4 is 17.3 Å². The number of rotatable bonds is 4. The molecule has 0 spiro atoms. The summed E-state index contributed by atoms with van der Waals surface area (Å²) in [5, 5.41) is 2.98. The molecule has 0 aromatic heterocycles. The van der Waals surface area contributed by atoms with Gasteiger partial charge in [-0.1, -0.05) is 30.3 Å². The Labute approximate surface area is 143 Å². The molecule has 1 saturated carbocycles. The summed E-state index contributed by atoms with van der Waals surface area (Å²) in [5.41, 5.74) is 8.54. The highest BCUT2D eigenvalue weighted by Crippen LogP contribution is 2.36. The number of carbonyl (C=O) groups excluding carboxylic acids is 1. The number of hydrogen-bond donors (Lipinski definition) is 2. The Morgan fingerprint density at radius 3 is 2.42 bits per heavy atom. The molecular formula is C20H24N2O2. The molecule has 0 bridgehead atoms. The minimum Gasteiger partial charge on any atom is -0.495 e. The molecule has 0 radical (unpaired) electrons. The van der Waals surface area contributed by atoms with Crippen molar-refractivity contribution in [1.29, 1.82) is 0 Å². The van der Waals surface area contributed by atoms with Crippen LogP contribution in [0.3, 0.4) is 0 Å². The maximum atomic E-state index is 12.5. The minimum atomic E-state index is 0.0771. The molecule has 3 rings (SSSR count). The van der Waals surface area contributed by atoms with Gasteiger partial charge in [0.05, 0.1) is 12.8 Å². The van der Waals surface area contributed by atoms with Gasteiger partial charge in [0.1, 0.15) is 5.75 Å². The normalized spacial score (nSPS) is 20.4. The quantitative estimate of drug-likeness (QED) is 0.829. The monoisotopic (exact) mass is 324 g/mol. The van der Waals surface area contributed by atoms with Crippen molar-refractivity contribution in [2.24, 2.45) is 5.92 Å². The summed E-state index contributed by atoms with van der Waals surface area (Å²) in [6.07, 6.45) is 3.98. The number of ether oxygens (including phenoxy) is 1. The molecule has 2 aromatic rings. The van der Waals surface area contributed by atoms with E-state index in [1.54, 1.807) is 19.2 Å². The zero-order chi connectivity index (χ0) is 16.9. The lowest BCUT2D eigenvalue weighted by Gasteiger charge is -2.28. The van der Waals surface area contributed by atoms with Crippen molar-refractivity contribution in [3.05, 3.63) is 54.1 Å². The van der Waals surface area contributed by atoms with Crippen LogP contribution in [-0.4, -0.2) is 13.0 Å². The predicted molar refractivity (Wildman–Crippen MR) is 97.2 cm³/mol. The number of amides is 1. The molecule has 1 aliphatic carbocycles. The van der Waals surface area contributed by atoms with E-state index < -0.39 is 0 Å². The van der Waals surface area contributed by atoms with Crippen LogP contribution in [0.2, 0.25) is 0 Å². The fraction of sp³-hybridized carbons (Fsp3) is 0.350. The number of anilines is 2. The Morgan fingerprint density at radius 1 is 1.08 bits per heavy atom. The van der Waals surface area contributed by atoms with E-state index in [2.05, 4.69) is 29.6 Å². The number of benzene rings is 2. The average Bonchev–Trinajstić information content (AvgIpc) is 2.63. The standard InChI is InChI=1S/C20H24N2O2/c1-24-19-12-11-17(13-18(19)21)22-20(23)16-9-7-15(8-10-16)14-5-3-2-4-6-14/h2-6,11-13,15-16H,7-10,21H2,1H3,(H,22,23). The third-order valence-electron chi connectivity index (χ3n) is 4.87. The molecule has 4 heteroatoms. The number of methoxy groups -OCH3 is 1. The first kappa shape index (κ1) is 16.4. The van der Waals surface area contributed by atoms with E-state index >= 15 is 0 Å².